The number of methoxy groups -OCH3 is 1. The van der Waals surface area contributed by atoms with Gasteiger partial charge < -0.3 is 10.5 Å². The van der Waals surface area contributed by atoms with Crippen molar-refractivity contribution >= 4 is 5.82 Å². The second-order valence-corrected chi connectivity index (χ2v) is 3.75. The topological polar surface area (TPSA) is 48.1 Å². The Balaban J connectivity index is 2.60. The zero-order chi connectivity index (χ0) is 12.4. The van der Waals surface area contributed by atoms with Crippen LogP contribution in [0.1, 0.15) is 5.56 Å². The molecule has 0 bridgehead atoms. The summed E-state index contributed by atoms with van der Waals surface area (Å²) in [6.07, 6.45) is 1.57. The van der Waals surface area contributed by atoms with Gasteiger partial charge in [-0.3, -0.25) is 0 Å². The molecule has 0 atom stereocenters. The van der Waals surface area contributed by atoms with Gasteiger partial charge in [-0.1, -0.05) is 12.1 Å². The molecule has 0 aliphatic heterocycles. The highest BCUT2D eigenvalue weighted by Gasteiger charge is 2.12. The maximum atomic E-state index is 14.1. The molecule has 0 amide bonds. The number of benzene rings is 1. The zero-order valence-corrected chi connectivity index (χ0v) is 9.70. The summed E-state index contributed by atoms with van der Waals surface area (Å²) in [4.78, 5) is 3.98. The Morgan fingerprint density at radius 2 is 2.06 bits per heavy atom. The third-order valence-corrected chi connectivity index (χ3v) is 2.61. The number of anilines is 1. The number of nitrogens with zero attached hydrogens (tertiary/aromatic N) is 1. The van der Waals surface area contributed by atoms with E-state index in [0.29, 0.717) is 11.4 Å². The highest BCUT2D eigenvalue weighted by molar-refractivity contribution is 5.69. The molecule has 4 heteroatoms. The Morgan fingerprint density at radius 3 is 2.71 bits per heavy atom. The van der Waals surface area contributed by atoms with E-state index in [1.54, 1.807) is 30.5 Å². The summed E-state index contributed by atoms with van der Waals surface area (Å²) in [5.74, 6) is 0.262. The fraction of sp³-hybridized carbons (Fsp3) is 0.154. The van der Waals surface area contributed by atoms with Crippen molar-refractivity contribution in [2.24, 2.45) is 0 Å². The molecule has 2 N–H and O–H groups in total. The van der Waals surface area contributed by atoms with E-state index < -0.39 is 0 Å². The molecule has 88 valence electrons. The van der Waals surface area contributed by atoms with Crippen molar-refractivity contribution in [3.8, 4) is 16.9 Å². The van der Waals surface area contributed by atoms with Crippen molar-refractivity contribution in [3.63, 3.8) is 0 Å². The fourth-order valence-electron chi connectivity index (χ4n) is 1.74. The van der Waals surface area contributed by atoms with Gasteiger partial charge in [0, 0.05) is 17.3 Å². The summed E-state index contributed by atoms with van der Waals surface area (Å²) < 4.78 is 19.0. The predicted octanol–water partition coefficient (Wildman–Crippen LogP) is 2.79. The fourth-order valence-corrected chi connectivity index (χ4v) is 1.74. The smallest absolute Gasteiger partial charge is 0.172 e. The van der Waals surface area contributed by atoms with Crippen LogP contribution in [-0.2, 0) is 0 Å². The minimum atomic E-state index is -0.385. The van der Waals surface area contributed by atoms with Gasteiger partial charge in [0.25, 0.3) is 0 Å². The minimum Gasteiger partial charge on any atom is -0.494 e. The lowest BCUT2D eigenvalue weighted by Crippen LogP contribution is -1.96. The van der Waals surface area contributed by atoms with Crippen LogP contribution < -0.4 is 10.5 Å². The average Bonchev–Trinajstić information content (AvgIpc) is 2.30. The number of rotatable bonds is 2. The molecule has 3 nitrogen and oxygen atoms in total. The summed E-state index contributed by atoms with van der Waals surface area (Å²) >= 11 is 0. The number of ether oxygens (including phenoxy) is 1. The number of aryl methyl sites for hydroxylation is 1. The molecule has 1 aromatic carbocycles. The van der Waals surface area contributed by atoms with Gasteiger partial charge >= 0.3 is 0 Å². The Morgan fingerprint density at radius 1 is 1.29 bits per heavy atom. The Hall–Kier alpha value is -2.10. The van der Waals surface area contributed by atoms with Crippen LogP contribution in [0.15, 0.2) is 30.5 Å². The summed E-state index contributed by atoms with van der Waals surface area (Å²) in [6, 6.07) is 6.73. The maximum absolute atomic E-state index is 14.1. The van der Waals surface area contributed by atoms with E-state index in [1.165, 1.54) is 7.11 Å². The minimum absolute atomic E-state index is 0.221. The largest absolute Gasteiger partial charge is 0.494 e. The van der Waals surface area contributed by atoms with Crippen LogP contribution in [0.4, 0.5) is 10.2 Å². The molecule has 0 spiro atoms. The Kier molecular flexibility index (Phi) is 2.95. The van der Waals surface area contributed by atoms with Crippen LogP contribution in [0, 0.1) is 12.7 Å². The van der Waals surface area contributed by atoms with Gasteiger partial charge in [0.2, 0.25) is 0 Å². The number of hydrogen-bond donors (Lipinski definition) is 1. The third kappa shape index (κ3) is 2.06. The molecule has 2 aromatic rings. The highest BCUT2D eigenvalue weighted by atomic mass is 19.1. The average molecular weight is 232 g/mol. The molecule has 0 unspecified atom stereocenters. The van der Waals surface area contributed by atoms with Crippen LogP contribution in [-0.4, -0.2) is 12.1 Å². The molecule has 17 heavy (non-hydrogen) atoms. The zero-order valence-electron chi connectivity index (χ0n) is 9.70. The van der Waals surface area contributed by atoms with E-state index >= 15 is 0 Å². The molecular formula is C13H13FN2O. The number of aromatic nitrogens is 1. The first-order valence-corrected chi connectivity index (χ1v) is 5.18. The lowest BCUT2D eigenvalue weighted by molar-refractivity contribution is 0.387. The highest BCUT2D eigenvalue weighted by Crippen LogP contribution is 2.30. The second-order valence-electron chi connectivity index (χ2n) is 3.75. The monoisotopic (exact) mass is 232 g/mol. The maximum Gasteiger partial charge on any atom is 0.172 e. The predicted molar refractivity (Wildman–Crippen MR) is 65.3 cm³/mol. The van der Waals surface area contributed by atoms with Crippen molar-refractivity contribution in [1.29, 1.82) is 0 Å². The SMILES string of the molecule is COc1cccc(-c2cnc(N)cc2C)c1F. The molecule has 0 saturated heterocycles. The van der Waals surface area contributed by atoms with E-state index in [1.807, 2.05) is 6.92 Å². The van der Waals surface area contributed by atoms with E-state index in [-0.39, 0.29) is 11.6 Å². The van der Waals surface area contributed by atoms with E-state index in [2.05, 4.69) is 4.98 Å². The van der Waals surface area contributed by atoms with Crippen molar-refractivity contribution < 1.29 is 9.13 Å². The van der Waals surface area contributed by atoms with Crippen molar-refractivity contribution in [3.05, 3.63) is 41.8 Å². The van der Waals surface area contributed by atoms with Crippen LogP contribution in [0.5, 0.6) is 5.75 Å². The number of nitrogens with two attached hydrogens (primary N) is 1. The molecule has 0 radical (unpaired) electrons. The quantitative estimate of drug-likeness (QED) is 0.866. The number of halogens is 1. The number of hydrogen-bond acceptors (Lipinski definition) is 3. The molecule has 1 aromatic heterocycles. The molecular weight excluding hydrogens is 219 g/mol. The van der Waals surface area contributed by atoms with Crippen molar-refractivity contribution in [1.82, 2.24) is 4.98 Å². The molecule has 1 heterocycles. The Bertz CT molecular complexity index is 555. The lowest BCUT2D eigenvalue weighted by atomic mass is 10.0. The first-order valence-electron chi connectivity index (χ1n) is 5.18. The summed E-state index contributed by atoms with van der Waals surface area (Å²) in [5.41, 5.74) is 7.63. The second kappa shape index (κ2) is 4.41. The number of nitrogen functional groups attached to an aromatic ring is 1. The van der Waals surface area contributed by atoms with Gasteiger partial charge in [0.1, 0.15) is 5.82 Å². The molecule has 0 aliphatic rings. The van der Waals surface area contributed by atoms with Crippen molar-refractivity contribution in [2.45, 2.75) is 6.92 Å². The van der Waals surface area contributed by atoms with Crippen LogP contribution in [0.3, 0.4) is 0 Å². The first kappa shape index (κ1) is 11.4. The standard InChI is InChI=1S/C13H13FN2O/c1-8-6-12(15)16-7-10(8)9-4-3-5-11(17-2)13(9)14/h3-7H,1-2H3,(H2,15,16). The molecule has 2 rings (SSSR count). The van der Waals surface area contributed by atoms with Gasteiger partial charge in [-0.25, -0.2) is 9.37 Å². The van der Waals surface area contributed by atoms with E-state index in [0.717, 1.165) is 11.1 Å². The normalized spacial score (nSPS) is 10.3. The van der Waals surface area contributed by atoms with Gasteiger partial charge in [-0.15, -0.1) is 0 Å². The van der Waals surface area contributed by atoms with Gasteiger partial charge in [-0.05, 0) is 24.6 Å². The summed E-state index contributed by atoms with van der Waals surface area (Å²) in [5, 5.41) is 0. The van der Waals surface area contributed by atoms with Gasteiger partial charge in [-0.2, -0.15) is 0 Å². The lowest BCUT2D eigenvalue weighted by Gasteiger charge is -2.09. The van der Waals surface area contributed by atoms with Crippen LogP contribution in [0.25, 0.3) is 11.1 Å². The first-order chi connectivity index (χ1) is 8.13. The van der Waals surface area contributed by atoms with E-state index in [9.17, 15) is 4.39 Å². The summed E-state index contributed by atoms with van der Waals surface area (Å²) in [6.45, 7) is 1.87. The third-order valence-electron chi connectivity index (χ3n) is 2.61. The van der Waals surface area contributed by atoms with Crippen molar-refractivity contribution in [2.75, 3.05) is 12.8 Å². The molecule has 0 aliphatic carbocycles. The van der Waals surface area contributed by atoms with Crippen LogP contribution in [0.2, 0.25) is 0 Å². The Labute approximate surface area is 99.1 Å². The summed E-state index contributed by atoms with van der Waals surface area (Å²) in [7, 11) is 1.44. The number of pyridine rings is 1. The van der Waals surface area contributed by atoms with Crippen LogP contribution >= 0.6 is 0 Å². The molecule has 0 saturated carbocycles. The van der Waals surface area contributed by atoms with Gasteiger partial charge in [0.05, 0.1) is 7.11 Å². The van der Waals surface area contributed by atoms with Gasteiger partial charge in [0.15, 0.2) is 11.6 Å². The van der Waals surface area contributed by atoms with E-state index in [4.69, 9.17) is 10.5 Å². The molecule has 0 fully saturated rings.